The summed E-state index contributed by atoms with van der Waals surface area (Å²) in [6.07, 6.45) is 0. The lowest BCUT2D eigenvalue weighted by Gasteiger charge is -2.10. The number of nitrogens with zero attached hydrogens (tertiary/aromatic N) is 1. The summed E-state index contributed by atoms with van der Waals surface area (Å²) >= 11 is 0. The molecular formula is C14H14F3N3. The van der Waals surface area contributed by atoms with Crippen LogP contribution in [0.1, 0.15) is 12.5 Å². The summed E-state index contributed by atoms with van der Waals surface area (Å²) in [5, 5.41) is 5.35. The standard InChI is InChI=1S/C14H14F3N3/c1-2-18-13-11(16)7-12(17)14(20-13)19-8-9-5-3-4-6-10(9)15/h3-7H,2,8H2,1H3,(H2,18,19,20). The Morgan fingerprint density at radius 3 is 2.25 bits per heavy atom. The molecule has 0 fully saturated rings. The summed E-state index contributed by atoms with van der Waals surface area (Å²) < 4.78 is 40.4. The molecule has 0 saturated carbocycles. The Hall–Kier alpha value is -2.24. The van der Waals surface area contributed by atoms with Gasteiger partial charge in [0.15, 0.2) is 23.3 Å². The maximum Gasteiger partial charge on any atom is 0.168 e. The van der Waals surface area contributed by atoms with E-state index in [1.54, 1.807) is 25.1 Å². The molecule has 2 N–H and O–H groups in total. The van der Waals surface area contributed by atoms with Crippen molar-refractivity contribution in [3.63, 3.8) is 0 Å². The molecule has 0 bridgehead atoms. The molecule has 1 aromatic carbocycles. The lowest BCUT2D eigenvalue weighted by molar-refractivity contribution is 0.577. The molecule has 0 unspecified atom stereocenters. The first-order valence-electron chi connectivity index (χ1n) is 6.19. The van der Waals surface area contributed by atoms with Crippen LogP contribution in [0.2, 0.25) is 0 Å². The Bertz CT molecular complexity index is 602. The third-order valence-electron chi connectivity index (χ3n) is 2.68. The summed E-state index contributed by atoms with van der Waals surface area (Å²) in [6.45, 7) is 2.30. The minimum atomic E-state index is -0.819. The van der Waals surface area contributed by atoms with E-state index in [1.807, 2.05) is 0 Å². The molecule has 6 heteroatoms. The highest BCUT2D eigenvalue weighted by molar-refractivity contribution is 5.47. The van der Waals surface area contributed by atoms with Crippen molar-refractivity contribution in [2.45, 2.75) is 13.5 Å². The van der Waals surface area contributed by atoms with Crippen LogP contribution < -0.4 is 10.6 Å². The molecule has 0 radical (unpaired) electrons. The number of nitrogens with one attached hydrogen (secondary N) is 2. The van der Waals surface area contributed by atoms with Gasteiger partial charge in [0.2, 0.25) is 0 Å². The first-order chi connectivity index (χ1) is 9.61. The SMILES string of the molecule is CCNc1nc(NCc2ccccc2F)c(F)cc1F. The van der Waals surface area contributed by atoms with Gasteiger partial charge in [0, 0.05) is 24.7 Å². The van der Waals surface area contributed by atoms with Crippen LogP contribution in [0, 0.1) is 17.5 Å². The number of pyridine rings is 1. The van der Waals surface area contributed by atoms with Crippen molar-refractivity contribution >= 4 is 11.6 Å². The van der Waals surface area contributed by atoms with E-state index in [0.717, 1.165) is 6.07 Å². The second kappa shape index (κ2) is 6.27. The number of benzene rings is 1. The zero-order valence-corrected chi connectivity index (χ0v) is 10.9. The molecule has 0 spiro atoms. The Morgan fingerprint density at radius 2 is 1.60 bits per heavy atom. The van der Waals surface area contributed by atoms with Crippen molar-refractivity contribution in [1.29, 1.82) is 0 Å². The van der Waals surface area contributed by atoms with Crippen LogP contribution in [0.25, 0.3) is 0 Å². The van der Waals surface area contributed by atoms with Gasteiger partial charge < -0.3 is 10.6 Å². The fourth-order valence-corrected chi connectivity index (χ4v) is 1.70. The van der Waals surface area contributed by atoms with Crippen LogP contribution in [-0.2, 0) is 6.54 Å². The lowest BCUT2D eigenvalue weighted by Crippen LogP contribution is -2.09. The summed E-state index contributed by atoms with van der Waals surface area (Å²) in [5.74, 6) is -2.13. The van der Waals surface area contributed by atoms with Crippen molar-refractivity contribution in [3.8, 4) is 0 Å². The molecule has 1 aromatic heterocycles. The molecule has 20 heavy (non-hydrogen) atoms. The van der Waals surface area contributed by atoms with Gasteiger partial charge in [-0.05, 0) is 13.0 Å². The number of aromatic nitrogens is 1. The summed E-state index contributed by atoms with van der Waals surface area (Å²) in [5.41, 5.74) is 0.378. The van der Waals surface area contributed by atoms with Crippen molar-refractivity contribution in [3.05, 3.63) is 53.3 Å². The quantitative estimate of drug-likeness (QED) is 0.880. The van der Waals surface area contributed by atoms with E-state index in [2.05, 4.69) is 15.6 Å². The van der Waals surface area contributed by atoms with Crippen LogP contribution in [-0.4, -0.2) is 11.5 Å². The van der Waals surface area contributed by atoms with Gasteiger partial charge in [-0.3, -0.25) is 0 Å². The minimum Gasteiger partial charge on any atom is -0.368 e. The zero-order chi connectivity index (χ0) is 14.5. The van der Waals surface area contributed by atoms with Crippen LogP contribution >= 0.6 is 0 Å². The summed E-state index contributed by atoms with van der Waals surface area (Å²) in [4.78, 5) is 3.81. The predicted octanol–water partition coefficient (Wildman–Crippen LogP) is 3.54. The van der Waals surface area contributed by atoms with Crippen LogP contribution in [0.4, 0.5) is 24.8 Å². The average Bonchev–Trinajstić information content (AvgIpc) is 2.42. The molecule has 0 saturated heterocycles. The zero-order valence-electron chi connectivity index (χ0n) is 10.9. The fraction of sp³-hybridized carbons (Fsp3) is 0.214. The van der Waals surface area contributed by atoms with Crippen molar-refractivity contribution < 1.29 is 13.2 Å². The molecule has 0 amide bonds. The second-order valence-electron chi connectivity index (χ2n) is 4.12. The molecule has 106 valence electrons. The highest BCUT2D eigenvalue weighted by Crippen LogP contribution is 2.19. The van der Waals surface area contributed by atoms with E-state index in [1.165, 1.54) is 6.07 Å². The van der Waals surface area contributed by atoms with Crippen LogP contribution in [0.5, 0.6) is 0 Å². The van der Waals surface area contributed by atoms with Gasteiger partial charge in [-0.2, -0.15) is 0 Å². The third-order valence-corrected chi connectivity index (χ3v) is 2.68. The maximum atomic E-state index is 13.6. The monoisotopic (exact) mass is 281 g/mol. The van der Waals surface area contributed by atoms with Crippen LogP contribution in [0.15, 0.2) is 30.3 Å². The van der Waals surface area contributed by atoms with Gasteiger partial charge in [-0.15, -0.1) is 0 Å². The Kier molecular flexibility index (Phi) is 4.45. The predicted molar refractivity (Wildman–Crippen MR) is 72.0 cm³/mol. The fourth-order valence-electron chi connectivity index (χ4n) is 1.70. The highest BCUT2D eigenvalue weighted by Gasteiger charge is 2.11. The maximum absolute atomic E-state index is 13.6. The van der Waals surface area contributed by atoms with Crippen molar-refractivity contribution in [2.24, 2.45) is 0 Å². The molecule has 1 heterocycles. The van der Waals surface area contributed by atoms with Gasteiger partial charge in [-0.1, -0.05) is 18.2 Å². The largest absolute Gasteiger partial charge is 0.368 e. The summed E-state index contributed by atoms with van der Waals surface area (Å²) in [7, 11) is 0. The normalized spacial score (nSPS) is 10.4. The van der Waals surface area contributed by atoms with E-state index in [0.29, 0.717) is 12.1 Å². The number of hydrogen-bond donors (Lipinski definition) is 2. The third kappa shape index (κ3) is 3.20. The van der Waals surface area contributed by atoms with E-state index < -0.39 is 17.5 Å². The Balaban J connectivity index is 2.17. The lowest BCUT2D eigenvalue weighted by atomic mass is 10.2. The molecule has 2 rings (SSSR count). The summed E-state index contributed by atoms with van der Waals surface area (Å²) in [6, 6.07) is 6.89. The first-order valence-corrected chi connectivity index (χ1v) is 6.19. The first kappa shape index (κ1) is 14.2. The van der Waals surface area contributed by atoms with Gasteiger partial charge in [0.1, 0.15) is 5.82 Å². The van der Waals surface area contributed by atoms with E-state index in [4.69, 9.17) is 0 Å². The molecule has 3 nitrogen and oxygen atoms in total. The van der Waals surface area contributed by atoms with Gasteiger partial charge in [0.05, 0.1) is 0 Å². The molecule has 2 aromatic rings. The van der Waals surface area contributed by atoms with E-state index in [-0.39, 0.29) is 18.2 Å². The molecule has 0 aliphatic carbocycles. The van der Waals surface area contributed by atoms with Crippen LogP contribution in [0.3, 0.4) is 0 Å². The van der Waals surface area contributed by atoms with Gasteiger partial charge in [0.25, 0.3) is 0 Å². The second-order valence-corrected chi connectivity index (χ2v) is 4.12. The molecule has 0 aliphatic rings. The van der Waals surface area contributed by atoms with Gasteiger partial charge >= 0.3 is 0 Å². The van der Waals surface area contributed by atoms with E-state index in [9.17, 15) is 13.2 Å². The molecular weight excluding hydrogens is 267 g/mol. The number of rotatable bonds is 5. The van der Waals surface area contributed by atoms with Crippen molar-refractivity contribution in [1.82, 2.24) is 4.98 Å². The Labute approximate surface area is 114 Å². The topological polar surface area (TPSA) is 37.0 Å². The molecule has 0 atom stereocenters. The smallest absolute Gasteiger partial charge is 0.168 e. The number of hydrogen-bond acceptors (Lipinski definition) is 3. The molecule has 0 aliphatic heterocycles. The van der Waals surface area contributed by atoms with Gasteiger partial charge in [-0.25, -0.2) is 18.2 Å². The Morgan fingerprint density at radius 1 is 0.950 bits per heavy atom. The minimum absolute atomic E-state index is 0.0371. The number of anilines is 2. The van der Waals surface area contributed by atoms with Crippen molar-refractivity contribution in [2.75, 3.05) is 17.2 Å². The highest BCUT2D eigenvalue weighted by atomic mass is 19.1. The average molecular weight is 281 g/mol. The van der Waals surface area contributed by atoms with E-state index >= 15 is 0 Å². The number of halogens is 3.